The molecule has 5 nitrogen and oxygen atoms in total. The molecule has 160 valence electrons. The number of aryl methyl sites for hydroxylation is 1. The number of aromatic nitrogens is 1. The van der Waals surface area contributed by atoms with Gasteiger partial charge in [-0.15, -0.1) is 11.3 Å². The molecule has 0 aliphatic heterocycles. The number of nitrogens with one attached hydrogen (secondary N) is 2. The first-order chi connectivity index (χ1) is 15.0. The van der Waals surface area contributed by atoms with Gasteiger partial charge in [-0.3, -0.25) is 9.59 Å². The van der Waals surface area contributed by atoms with E-state index in [1.807, 2.05) is 41.8 Å². The molecule has 1 aliphatic carbocycles. The van der Waals surface area contributed by atoms with Gasteiger partial charge in [-0.05, 0) is 42.4 Å². The molecule has 3 aromatic rings. The van der Waals surface area contributed by atoms with Gasteiger partial charge in [0.15, 0.2) is 5.13 Å². The predicted octanol–water partition coefficient (Wildman–Crippen LogP) is 5.27. The van der Waals surface area contributed by atoms with Crippen molar-refractivity contribution in [2.75, 3.05) is 11.9 Å². The zero-order chi connectivity index (χ0) is 21.8. The van der Waals surface area contributed by atoms with Gasteiger partial charge in [0.25, 0.3) is 0 Å². The number of carbonyl (C=O) groups excluding carboxylic acids is 2. The summed E-state index contributed by atoms with van der Waals surface area (Å²) >= 11 is 7.69. The molecule has 1 aromatic heterocycles. The van der Waals surface area contributed by atoms with Gasteiger partial charge in [0.2, 0.25) is 11.8 Å². The number of rotatable bonds is 8. The van der Waals surface area contributed by atoms with Crippen LogP contribution in [0, 0.1) is 5.92 Å². The largest absolute Gasteiger partial charge is 0.356 e. The summed E-state index contributed by atoms with van der Waals surface area (Å²) in [6, 6.07) is 16.0. The van der Waals surface area contributed by atoms with Crippen LogP contribution in [0.5, 0.6) is 0 Å². The molecule has 0 spiro atoms. The molecular weight excluding hydrogens is 430 g/mol. The van der Waals surface area contributed by atoms with E-state index in [-0.39, 0.29) is 23.7 Å². The molecule has 31 heavy (non-hydrogen) atoms. The summed E-state index contributed by atoms with van der Waals surface area (Å²) in [5.74, 6) is 0.138. The van der Waals surface area contributed by atoms with E-state index in [9.17, 15) is 9.59 Å². The summed E-state index contributed by atoms with van der Waals surface area (Å²) in [6.07, 6.45) is 2.63. The van der Waals surface area contributed by atoms with Crippen molar-refractivity contribution in [1.82, 2.24) is 10.3 Å². The monoisotopic (exact) mass is 453 g/mol. The van der Waals surface area contributed by atoms with E-state index in [1.165, 1.54) is 23.8 Å². The van der Waals surface area contributed by atoms with Gasteiger partial charge in [0.1, 0.15) is 0 Å². The molecule has 0 saturated heterocycles. The van der Waals surface area contributed by atoms with Crippen LogP contribution >= 0.6 is 22.9 Å². The first kappa shape index (κ1) is 21.5. The standard InChI is InChI=1S/C24H24ClN3O2S/c1-15(29)26-12-4-5-16-8-10-17(11-9-16)22-14-31-24(27-22)28-23(30)20-13-19(20)18-6-2-3-7-21(18)25/h2-3,6-11,14,19-20H,4-5,12-13H2,1H3,(H,26,29)(H,27,28,30). The molecule has 1 fully saturated rings. The smallest absolute Gasteiger partial charge is 0.229 e. The average Bonchev–Trinajstić information content (AvgIpc) is 3.43. The number of carbonyl (C=O) groups is 2. The maximum Gasteiger partial charge on any atom is 0.229 e. The number of anilines is 1. The lowest BCUT2D eigenvalue weighted by Crippen LogP contribution is -2.21. The van der Waals surface area contributed by atoms with Crippen LogP contribution in [0.1, 0.15) is 36.8 Å². The minimum Gasteiger partial charge on any atom is -0.356 e. The van der Waals surface area contributed by atoms with Crippen LogP contribution in [0.25, 0.3) is 11.3 Å². The predicted molar refractivity (Wildman–Crippen MR) is 125 cm³/mol. The second-order valence-corrected chi connectivity index (χ2v) is 9.05. The minimum absolute atomic E-state index is 0.000313. The second-order valence-electron chi connectivity index (χ2n) is 7.78. The van der Waals surface area contributed by atoms with Crippen molar-refractivity contribution in [3.8, 4) is 11.3 Å². The molecule has 2 atom stereocenters. The van der Waals surface area contributed by atoms with E-state index in [1.54, 1.807) is 0 Å². The number of hydrogen-bond donors (Lipinski definition) is 2. The van der Waals surface area contributed by atoms with Crippen LogP contribution < -0.4 is 10.6 Å². The van der Waals surface area contributed by atoms with Gasteiger partial charge in [-0.2, -0.15) is 0 Å². The third kappa shape index (κ3) is 5.51. The number of hydrogen-bond acceptors (Lipinski definition) is 4. The van der Waals surface area contributed by atoms with Crippen molar-refractivity contribution in [3.63, 3.8) is 0 Å². The van der Waals surface area contributed by atoms with Crippen LogP contribution in [0.4, 0.5) is 5.13 Å². The Hall–Kier alpha value is -2.70. The van der Waals surface area contributed by atoms with Crippen LogP contribution in [0.15, 0.2) is 53.9 Å². The van der Waals surface area contributed by atoms with E-state index in [4.69, 9.17) is 11.6 Å². The fourth-order valence-electron chi connectivity index (χ4n) is 3.67. The van der Waals surface area contributed by atoms with Gasteiger partial charge < -0.3 is 10.6 Å². The van der Waals surface area contributed by atoms with Crippen molar-refractivity contribution >= 4 is 39.9 Å². The van der Waals surface area contributed by atoms with Crippen molar-refractivity contribution in [1.29, 1.82) is 0 Å². The summed E-state index contributed by atoms with van der Waals surface area (Å²) in [5, 5.41) is 9.06. The Labute approximate surface area is 190 Å². The van der Waals surface area contributed by atoms with E-state index in [0.717, 1.165) is 41.1 Å². The van der Waals surface area contributed by atoms with Gasteiger partial charge >= 0.3 is 0 Å². The maximum atomic E-state index is 12.6. The maximum absolute atomic E-state index is 12.6. The summed E-state index contributed by atoms with van der Waals surface area (Å²) in [6.45, 7) is 2.21. The zero-order valence-corrected chi connectivity index (χ0v) is 18.8. The number of nitrogens with zero attached hydrogens (tertiary/aromatic N) is 1. The molecular formula is C24H24ClN3O2S. The summed E-state index contributed by atoms with van der Waals surface area (Å²) in [4.78, 5) is 28.1. The highest BCUT2D eigenvalue weighted by molar-refractivity contribution is 7.14. The molecule has 2 unspecified atom stereocenters. The van der Waals surface area contributed by atoms with Crippen LogP contribution in [-0.2, 0) is 16.0 Å². The van der Waals surface area contributed by atoms with Crippen LogP contribution in [-0.4, -0.2) is 23.3 Å². The van der Waals surface area contributed by atoms with Crippen LogP contribution in [0.2, 0.25) is 5.02 Å². The van der Waals surface area contributed by atoms with E-state index < -0.39 is 0 Å². The fraction of sp³-hybridized carbons (Fsp3) is 0.292. The highest BCUT2D eigenvalue weighted by atomic mass is 35.5. The first-order valence-electron chi connectivity index (χ1n) is 10.4. The summed E-state index contributed by atoms with van der Waals surface area (Å²) in [7, 11) is 0. The number of amides is 2. The number of halogens is 1. The van der Waals surface area contributed by atoms with Gasteiger partial charge in [-0.1, -0.05) is 54.1 Å². The first-order valence-corrected chi connectivity index (χ1v) is 11.6. The molecule has 1 saturated carbocycles. The molecule has 0 radical (unpaired) electrons. The highest BCUT2D eigenvalue weighted by Gasteiger charge is 2.45. The summed E-state index contributed by atoms with van der Waals surface area (Å²) in [5.41, 5.74) is 4.13. The zero-order valence-electron chi connectivity index (χ0n) is 17.2. The van der Waals surface area contributed by atoms with E-state index in [2.05, 4.69) is 27.8 Å². The molecule has 2 amide bonds. The van der Waals surface area contributed by atoms with Crippen molar-refractivity contribution in [2.24, 2.45) is 5.92 Å². The molecule has 4 rings (SSSR count). The molecule has 2 N–H and O–H groups in total. The van der Waals surface area contributed by atoms with Crippen molar-refractivity contribution in [3.05, 3.63) is 70.1 Å². The summed E-state index contributed by atoms with van der Waals surface area (Å²) < 4.78 is 0. The van der Waals surface area contributed by atoms with Crippen molar-refractivity contribution < 1.29 is 9.59 Å². The Morgan fingerprint density at radius 1 is 1.16 bits per heavy atom. The molecule has 0 bridgehead atoms. The molecule has 2 aromatic carbocycles. The lowest BCUT2D eigenvalue weighted by atomic mass is 10.1. The molecule has 7 heteroatoms. The van der Waals surface area contributed by atoms with Gasteiger partial charge in [-0.25, -0.2) is 4.98 Å². The van der Waals surface area contributed by atoms with Crippen molar-refractivity contribution in [2.45, 2.75) is 32.1 Å². The Balaban J connectivity index is 1.31. The Bertz CT molecular complexity index is 1080. The SMILES string of the molecule is CC(=O)NCCCc1ccc(-c2csc(NC(=O)C3CC3c3ccccc3Cl)n2)cc1. The number of thiazole rings is 1. The lowest BCUT2D eigenvalue weighted by Gasteiger charge is -2.04. The number of benzene rings is 2. The Morgan fingerprint density at radius 3 is 2.68 bits per heavy atom. The van der Waals surface area contributed by atoms with Crippen LogP contribution in [0.3, 0.4) is 0 Å². The Morgan fingerprint density at radius 2 is 1.94 bits per heavy atom. The van der Waals surface area contributed by atoms with Gasteiger partial charge in [0, 0.05) is 35.4 Å². The topological polar surface area (TPSA) is 71.1 Å². The van der Waals surface area contributed by atoms with Gasteiger partial charge in [0.05, 0.1) is 5.69 Å². The highest BCUT2D eigenvalue weighted by Crippen LogP contribution is 2.50. The third-order valence-corrected chi connectivity index (χ3v) is 6.53. The van der Waals surface area contributed by atoms with E-state index >= 15 is 0 Å². The van der Waals surface area contributed by atoms with E-state index in [0.29, 0.717) is 11.7 Å². The fourth-order valence-corrected chi connectivity index (χ4v) is 4.66. The minimum atomic E-state index is -0.0518. The second kappa shape index (κ2) is 9.62. The molecule has 1 heterocycles. The quantitative estimate of drug-likeness (QED) is 0.456. The average molecular weight is 454 g/mol. The molecule has 1 aliphatic rings. The Kier molecular flexibility index (Phi) is 6.68. The third-order valence-electron chi connectivity index (χ3n) is 5.43. The normalized spacial score (nSPS) is 17.2. The lowest BCUT2D eigenvalue weighted by molar-refractivity contribution is -0.119.